The number of ether oxygens (including phenoxy) is 3. The third kappa shape index (κ3) is 1.51. The van der Waals surface area contributed by atoms with E-state index in [1.54, 1.807) is 26.4 Å². The van der Waals surface area contributed by atoms with Gasteiger partial charge in [-0.25, -0.2) is 0 Å². The molecule has 3 nitrogen and oxygen atoms in total. The van der Waals surface area contributed by atoms with Crippen LogP contribution in [-0.4, -0.2) is 20.5 Å². The molecule has 0 saturated carbocycles. The highest BCUT2D eigenvalue weighted by molar-refractivity contribution is 5.13. The maximum absolute atomic E-state index is 5.03. The molecule has 10 heavy (non-hydrogen) atoms. The molecule has 1 rings (SSSR count). The molecule has 0 fully saturated rings. The standard InChI is InChI=1S/C7H10O3/c1-8-6-3-4-7(9-2)10-5-6/h3-5,7H,1-2H3. The Morgan fingerprint density at radius 3 is 2.70 bits per heavy atom. The summed E-state index contributed by atoms with van der Waals surface area (Å²) in [7, 11) is 3.17. The molecule has 0 spiro atoms. The van der Waals surface area contributed by atoms with E-state index in [0.29, 0.717) is 5.76 Å². The van der Waals surface area contributed by atoms with Crippen LogP contribution in [0.15, 0.2) is 24.2 Å². The van der Waals surface area contributed by atoms with Gasteiger partial charge >= 0.3 is 0 Å². The molecule has 56 valence electrons. The van der Waals surface area contributed by atoms with Crippen LogP contribution >= 0.6 is 0 Å². The summed E-state index contributed by atoms with van der Waals surface area (Å²) in [4.78, 5) is 0. The smallest absolute Gasteiger partial charge is 0.219 e. The fraction of sp³-hybridized carbons (Fsp3) is 0.429. The van der Waals surface area contributed by atoms with Gasteiger partial charge in [-0.3, -0.25) is 0 Å². The summed E-state index contributed by atoms with van der Waals surface area (Å²) >= 11 is 0. The van der Waals surface area contributed by atoms with E-state index in [1.165, 1.54) is 6.26 Å². The molecule has 1 aliphatic heterocycles. The van der Waals surface area contributed by atoms with E-state index < -0.39 is 0 Å². The van der Waals surface area contributed by atoms with E-state index in [9.17, 15) is 0 Å². The van der Waals surface area contributed by atoms with Crippen LogP contribution in [0.4, 0.5) is 0 Å². The Morgan fingerprint density at radius 1 is 1.50 bits per heavy atom. The first-order valence-electron chi connectivity index (χ1n) is 2.97. The Hall–Kier alpha value is -0.960. The summed E-state index contributed by atoms with van der Waals surface area (Å²) in [6.07, 6.45) is 4.84. The van der Waals surface area contributed by atoms with E-state index in [0.717, 1.165) is 0 Å². The first-order valence-corrected chi connectivity index (χ1v) is 2.97. The van der Waals surface area contributed by atoms with Gasteiger partial charge in [0.2, 0.25) is 6.29 Å². The summed E-state index contributed by atoms with van der Waals surface area (Å²) in [5, 5.41) is 0. The average molecular weight is 142 g/mol. The molecule has 1 atom stereocenters. The SMILES string of the molecule is COC1=COC(OC)C=C1. The summed E-state index contributed by atoms with van der Waals surface area (Å²) in [5.74, 6) is 0.702. The molecule has 0 amide bonds. The van der Waals surface area contributed by atoms with Crippen molar-refractivity contribution in [3.63, 3.8) is 0 Å². The van der Waals surface area contributed by atoms with Crippen molar-refractivity contribution < 1.29 is 14.2 Å². The largest absolute Gasteiger partial charge is 0.494 e. The van der Waals surface area contributed by atoms with E-state index in [2.05, 4.69) is 0 Å². The normalized spacial score (nSPS) is 23.4. The summed E-state index contributed by atoms with van der Waals surface area (Å²) in [6, 6.07) is 0. The third-order valence-corrected chi connectivity index (χ3v) is 1.20. The van der Waals surface area contributed by atoms with Crippen LogP contribution in [0.5, 0.6) is 0 Å². The van der Waals surface area contributed by atoms with Crippen molar-refractivity contribution in [3.05, 3.63) is 24.2 Å². The third-order valence-electron chi connectivity index (χ3n) is 1.20. The van der Waals surface area contributed by atoms with Gasteiger partial charge in [-0.1, -0.05) is 0 Å². The molecular formula is C7H10O3. The van der Waals surface area contributed by atoms with Gasteiger partial charge in [-0.2, -0.15) is 0 Å². The average Bonchev–Trinajstić information content (AvgIpc) is 2.05. The fourth-order valence-electron chi connectivity index (χ4n) is 0.642. The van der Waals surface area contributed by atoms with Gasteiger partial charge in [-0.05, 0) is 12.2 Å². The second-order valence-corrected chi connectivity index (χ2v) is 1.82. The highest BCUT2D eigenvalue weighted by Gasteiger charge is 2.06. The fourth-order valence-corrected chi connectivity index (χ4v) is 0.642. The van der Waals surface area contributed by atoms with Crippen LogP contribution in [0.1, 0.15) is 0 Å². The molecule has 1 aliphatic rings. The predicted molar refractivity (Wildman–Crippen MR) is 36.1 cm³/mol. The van der Waals surface area contributed by atoms with Crippen molar-refractivity contribution in [3.8, 4) is 0 Å². The summed E-state index contributed by atoms with van der Waals surface area (Å²) in [5.41, 5.74) is 0. The molecule has 1 unspecified atom stereocenters. The Labute approximate surface area is 59.9 Å². The van der Waals surface area contributed by atoms with Crippen molar-refractivity contribution in [1.82, 2.24) is 0 Å². The number of methoxy groups -OCH3 is 2. The van der Waals surface area contributed by atoms with Crippen LogP contribution in [0.2, 0.25) is 0 Å². The number of hydrogen-bond donors (Lipinski definition) is 0. The van der Waals surface area contributed by atoms with Gasteiger partial charge in [0, 0.05) is 7.11 Å². The Morgan fingerprint density at radius 2 is 2.30 bits per heavy atom. The number of rotatable bonds is 2. The van der Waals surface area contributed by atoms with Gasteiger partial charge in [0.1, 0.15) is 6.26 Å². The molecule has 0 radical (unpaired) electrons. The van der Waals surface area contributed by atoms with Gasteiger partial charge < -0.3 is 14.2 Å². The Kier molecular flexibility index (Phi) is 2.34. The molecule has 0 N–H and O–H groups in total. The highest BCUT2D eigenvalue weighted by atomic mass is 16.7. The molecular weight excluding hydrogens is 132 g/mol. The first kappa shape index (κ1) is 7.15. The van der Waals surface area contributed by atoms with Crippen molar-refractivity contribution in [2.24, 2.45) is 0 Å². The topological polar surface area (TPSA) is 27.7 Å². The minimum Gasteiger partial charge on any atom is -0.494 e. The molecule has 0 aliphatic carbocycles. The van der Waals surface area contributed by atoms with Crippen molar-refractivity contribution in [2.75, 3.05) is 14.2 Å². The Bertz CT molecular complexity index is 160. The van der Waals surface area contributed by atoms with Crippen LogP contribution in [0.3, 0.4) is 0 Å². The lowest BCUT2D eigenvalue weighted by molar-refractivity contribution is -0.0520. The van der Waals surface area contributed by atoms with E-state index in [-0.39, 0.29) is 6.29 Å². The van der Waals surface area contributed by atoms with E-state index >= 15 is 0 Å². The molecule has 0 aromatic heterocycles. The van der Waals surface area contributed by atoms with Gasteiger partial charge in [-0.15, -0.1) is 0 Å². The molecule has 0 aromatic rings. The zero-order valence-electron chi connectivity index (χ0n) is 6.03. The monoisotopic (exact) mass is 142 g/mol. The maximum Gasteiger partial charge on any atom is 0.219 e. The Balaban J connectivity index is 2.46. The van der Waals surface area contributed by atoms with Gasteiger partial charge in [0.15, 0.2) is 5.76 Å². The van der Waals surface area contributed by atoms with Crippen molar-refractivity contribution in [2.45, 2.75) is 6.29 Å². The van der Waals surface area contributed by atoms with Crippen molar-refractivity contribution in [1.29, 1.82) is 0 Å². The molecule has 0 bridgehead atoms. The summed E-state index contributed by atoms with van der Waals surface area (Å²) in [6.45, 7) is 0. The minimum absolute atomic E-state index is 0.265. The first-order chi connectivity index (χ1) is 4.86. The quantitative estimate of drug-likeness (QED) is 0.576. The lowest BCUT2D eigenvalue weighted by Crippen LogP contribution is -2.11. The second-order valence-electron chi connectivity index (χ2n) is 1.82. The lowest BCUT2D eigenvalue weighted by atomic mass is 10.4. The minimum atomic E-state index is -0.265. The van der Waals surface area contributed by atoms with Crippen LogP contribution in [0.25, 0.3) is 0 Å². The number of hydrogen-bond acceptors (Lipinski definition) is 3. The maximum atomic E-state index is 5.03. The lowest BCUT2D eigenvalue weighted by Gasteiger charge is -2.14. The zero-order valence-corrected chi connectivity index (χ0v) is 6.03. The van der Waals surface area contributed by atoms with Gasteiger partial charge in [0.25, 0.3) is 0 Å². The molecule has 3 heteroatoms. The van der Waals surface area contributed by atoms with Crippen LogP contribution in [0, 0.1) is 0 Å². The zero-order chi connectivity index (χ0) is 7.40. The molecule has 0 saturated heterocycles. The van der Waals surface area contributed by atoms with Crippen LogP contribution < -0.4 is 0 Å². The van der Waals surface area contributed by atoms with Gasteiger partial charge in [0.05, 0.1) is 7.11 Å². The molecule has 1 heterocycles. The summed E-state index contributed by atoms with van der Waals surface area (Å²) < 4.78 is 14.8. The second kappa shape index (κ2) is 3.27. The van der Waals surface area contributed by atoms with E-state index in [4.69, 9.17) is 14.2 Å². The molecule has 0 aromatic carbocycles. The van der Waals surface area contributed by atoms with Crippen molar-refractivity contribution >= 4 is 0 Å². The predicted octanol–water partition coefficient (Wildman–Crippen LogP) is 1.03. The van der Waals surface area contributed by atoms with E-state index in [1.807, 2.05) is 0 Å². The van der Waals surface area contributed by atoms with Crippen LogP contribution in [-0.2, 0) is 14.2 Å². The number of allylic oxidation sites excluding steroid dienone is 1. The highest BCUT2D eigenvalue weighted by Crippen LogP contribution is 2.09.